The maximum atomic E-state index is 5.99. The van der Waals surface area contributed by atoms with E-state index in [2.05, 4.69) is 19.8 Å². The number of pyridine rings is 2. The Kier molecular flexibility index (Phi) is 3.50. The Labute approximate surface area is 128 Å². The molecule has 116 valence electrons. The van der Waals surface area contributed by atoms with E-state index in [4.69, 9.17) is 22.9 Å². The fourth-order valence-corrected chi connectivity index (χ4v) is 2.64. The Bertz CT molecular complexity index is 619. The third-order valence-corrected chi connectivity index (χ3v) is 3.71. The topological polar surface area (TPSA) is 136 Å². The normalized spacial score (nSPS) is 15.1. The Hall–Kier alpha value is -2.90. The molecule has 1 aliphatic heterocycles. The van der Waals surface area contributed by atoms with Gasteiger partial charge in [0.2, 0.25) is 0 Å². The maximum Gasteiger partial charge on any atom is 0.152 e. The van der Waals surface area contributed by atoms with Crippen molar-refractivity contribution in [1.82, 2.24) is 9.97 Å². The van der Waals surface area contributed by atoms with Gasteiger partial charge in [0.25, 0.3) is 0 Å². The first-order valence-electron chi connectivity index (χ1n) is 7.06. The van der Waals surface area contributed by atoms with E-state index in [0.29, 0.717) is 22.7 Å². The van der Waals surface area contributed by atoms with Crippen molar-refractivity contribution in [3.63, 3.8) is 0 Å². The zero-order valence-electron chi connectivity index (χ0n) is 12.2. The molecule has 3 heterocycles. The fourth-order valence-electron chi connectivity index (χ4n) is 2.64. The molecule has 0 amide bonds. The summed E-state index contributed by atoms with van der Waals surface area (Å²) in [7, 11) is 0. The maximum absolute atomic E-state index is 5.99. The highest BCUT2D eigenvalue weighted by molar-refractivity contribution is 5.69. The van der Waals surface area contributed by atoms with Gasteiger partial charge in [-0.1, -0.05) is 0 Å². The summed E-state index contributed by atoms with van der Waals surface area (Å²) >= 11 is 0. The van der Waals surface area contributed by atoms with Gasteiger partial charge in [-0.15, -0.1) is 0 Å². The van der Waals surface area contributed by atoms with Gasteiger partial charge in [-0.3, -0.25) is 0 Å². The van der Waals surface area contributed by atoms with Gasteiger partial charge in [-0.2, -0.15) is 0 Å². The number of rotatable bonds is 2. The van der Waals surface area contributed by atoms with E-state index in [-0.39, 0.29) is 0 Å². The molecule has 3 rings (SSSR count). The van der Waals surface area contributed by atoms with Crippen LogP contribution in [0.2, 0.25) is 0 Å². The minimum absolute atomic E-state index is 0.568. The van der Waals surface area contributed by atoms with Crippen molar-refractivity contribution in [3.05, 3.63) is 24.5 Å². The average Bonchev–Trinajstić information content (AvgIpc) is 2.48. The van der Waals surface area contributed by atoms with Crippen LogP contribution < -0.4 is 32.7 Å². The summed E-state index contributed by atoms with van der Waals surface area (Å²) < 4.78 is 0. The molecule has 0 atom stereocenters. The molecule has 1 saturated heterocycles. The van der Waals surface area contributed by atoms with Crippen LogP contribution in [0.25, 0.3) is 0 Å². The van der Waals surface area contributed by atoms with E-state index in [0.717, 1.165) is 37.8 Å². The van der Waals surface area contributed by atoms with E-state index in [9.17, 15) is 0 Å². The predicted molar refractivity (Wildman–Crippen MR) is 90.5 cm³/mol. The van der Waals surface area contributed by atoms with Crippen LogP contribution in [0, 0.1) is 0 Å². The van der Waals surface area contributed by atoms with Gasteiger partial charge < -0.3 is 32.7 Å². The molecule has 8 nitrogen and oxygen atoms in total. The summed E-state index contributed by atoms with van der Waals surface area (Å²) in [5.41, 5.74) is 25.7. The molecule has 0 bridgehead atoms. The molecule has 0 spiro atoms. The molecule has 0 unspecified atom stereocenters. The number of aromatic nitrogens is 2. The van der Waals surface area contributed by atoms with Crippen LogP contribution in [0.15, 0.2) is 24.5 Å². The molecule has 2 aromatic rings. The van der Waals surface area contributed by atoms with E-state index >= 15 is 0 Å². The van der Waals surface area contributed by atoms with Crippen LogP contribution in [-0.2, 0) is 0 Å². The van der Waals surface area contributed by atoms with Crippen molar-refractivity contribution in [1.29, 1.82) is 0 Å². The van der Waals surface area contributed by atoms with Crippen LogP contribution in [0.1, 0.15) is 0 Å². The number of hydrogen-bond donors (Lipinski definition) is 4. The van der Waals surface area contributed by atoms with Gasteiger partial charge in [-0.25, -0.2) is 9.97 Å². The van der Waals surface area contributed by atoms with Crippen LogP contribution in [0.3, 0.4) is 0 Å². The first-order valence-corrected chi connectivity index (χ1v) is 7.06. The zero-order valence-corrected chi connectivity index (χ0v) is 12.2. The van der Waals surface area contributed by atoms with Gasteiger partial charge in [0.1, 0.15) is 0 Å². The first-order chi connectivity index (χ1) is 10.5. The van der Waals surface area contributed by atoms with Gasteiger partial charge in [0.05, 0.1) is 35.1 Å². The van der Waals surface area contributed by atoms with Crippen LogP contribution in [0.4, 0.5) is 34.4 Å². The smallest absolute Gasteiger partial charge is 0.152 e. The largest absolute Gasteiger partial charge is 0.397 e. The van der Waals surface area contributed by atoms with Crippen molar-refractivity contribution < 1.29 is 0 Å². The lowest BCUT2D eigenvalue weighted by molar-refractivity contribution is 0.643. The number of anilines is 6. The van der Waals surface area contributed by atoms with Crippen molar-refractivity contribution in [2.24, 2.45) is 0 Å². The number of piperazine rings is 1. The highest BCUT2D eigenvalue weighted by Crippen LogP contribution is 2.26. The summed E-state index contributed by atoms with van der Waals surface area (Å²) in [4.78, 5) is 12.9. The third-order valence-electron chi connectivity index (χ3n) is 3.71. The van der Waals surface area contributed by atoms with Crippen molar-refractivity contribution in [2.45, 2.75) is 0 Å². The van der Waals surface area contributed by atoms with E-state index < -0.39 is 0 Å². The lowest BCUT2D eigenvalue weighted by Gasteiger charge is -2.36. The molecule has 0 aromatic carbocycles. The summed E-state index contributed by atoms with van der Waals surface area (Å²) in [6.45, 7) is 3.14. The Morgan fingerprint density at radius 2 is 1.05 bits per heavy atom. The molecular weight excluding hydrogens is 280 g/mol. The van der Waals surface area contributed by atoms with Gasteiger partial charge in [-0.05, 0) is 12.1 Å². The Morgan fingerprint density at radius 3 is 1.36 bits per heavy atom. The second-order valence-corrected chi connectivity index (χ2v) is 5.34. The van der Waals surface area contributed by atoms with Gasteiger partial charge >= 0.3 is 0 Å². The molecule has 1 fully saturated rings. The standard InChI is InChI=1S/C14H20N8/c15-9-5-11(17)13(19-7-9)21-1-2-22(4-3-21)14-12(18)6-10(16)8-20-14/h5-8H,1-4,15-18H2. The van der Waals surface area contributed by atoms with E-state index in [1.807, 2.05) is 0 Å². The molecule has 2 aromatic heterocycles. The molecule has 8 heteroatoms. The zero-order chi connectivity index (χ0) is 15.7. The minimum Gasteiger partial charge on any atom is -0.397 e. The van der Waals surface area contributed by atoms with Crippen molar-refractivity contribution in [3.8, 4) is 0 Å². The van der Waals surface area contributed by atoms with Gasteiger partial charge in [0.15, 0.2) is 11.6 Å². The molecule has 0 aliphatic carbocycles. The summed E-state index contributed by atoms with van der Waals surface area (Å²) in [6, 6.07) is 3.46. The lowest BCUT2D eigenvalue weighted by Crippen LogP contribution is -2.47. The molecule has 22 heavy (non-hydrogen) atoms. The fraction of sp³-hybridized carbons (Fsp3) is 0.286. The second kappa shape index (κ2) is 5.47. The first kappa shape index (κ1) is 14.1. The minimum atomic E-state index is 0.568. The molecule has 0 saturated carbocycles. The molecule has 1 aliphatic rings. The number of nitrogens with zero attached hydrogens (tertiary/aromatic N) is 4. The van der Waals surface area contributed by atoms with E-state index in [1.54, 1.807) is 24.5 Å². The number of nitrogens with two attached hydrogens (primary N) is 4. The third kappa shape index (κ3) is 2.62. The lowest BCUT2D eigenvalue weighted by atomic mass is 10.2. The van der Waals surface area contributed by atoms with Crippen LogP contribution in [0.5, 0.6) is 0 Å². The molecule has 8 N–H and O–H groups in total. The summed E-state index contributed by atoms with van der Waals surface area (Å²) in [5.74, 6) is 1.54. The van der Waals surface area contributed by atoms with Crippen LogP contribution >= 0.6 is 0 Å². The van der Waals surface area contributed by atoms with Crippen molar-refractivity contribution in [2.75, 3.05) is 58.9 Å². The van der Waals surface area contributed by atoms with Gasteiger partial charge in [0, 0.05) is 26.2 Å². The highest BCUT2D eigenvalue weighted by Gasteiger charge is 2.21. The molecule has 0 radical (unpaired) electrons. The predicted octanol–water partition coefficient (Wildman–Crippen LogP) is 0.132. The SMILES string of the molecule is Nc1cnc(N2CCN(c3ncc(N)cc3N)CC2)c(N)c1. The van der Waals surface area contributed by atoms with E-state index in [1.165, 1.54) is 0 Å². The van der Waals surface area contributed by atoms with Crippen LogP contribution in [-0.4, -0.2) is 36.1 Å². The number of nitrogen functional groups attached to an aromatic ring is 4. The molecular formula is C14H20N8. The Morgan fingerprint density at radius 1 is 0.682 bits per heavy atom. The second-order valence-electron chi connectivity index (χ2n) is 5.34. The highest BCUT2D eigenvalue weighted by atomic mass is 15.3. The van der Waals surface area contributed by atoms with Crippen molar-refractivity contribution >= 4 is 34.4 Å². The summed E-state index contributed by atoms with van der Waals surface area (Å²) in [5, 5.41) is 0. The average molecular weight is 300 g/mol. The monoisotopic (exact) mass is 300 g/mol. The Balaban J connectivity index is 1.72. The number of hydrogen-bond acceptors (Lipinski definition) is 8. The quantitative estimate of drug-likeness (QED) is 0.614. The summed E-state index contributed by atoms with van der Waals surface area (Å²) in [6.07, 6.45) is 3.25.